The second-order valence-electron chi connectivity index (χ2n) is 6.60. The lowest BCUT2D eigenvalue weighted by atomic mass is 10.2. The molecule has 7 heteroatoms. The van der Waals surface area contributed by atoms with E-state index in [4.69, 9.17) is 16.3 Å². The van der Waals surface area contributed by atoms with Crippen molar-refractivity contribution in [2.45, 2.75) is 19.4 Å². The van der Waals surface area contributed by atoms with Gasteiger partial charge in [0.25, 0.3) is 0 Å². The van der Waals surface area contributed by atoms with Gasteiger partial charge in [0.15, 0.2) is 0 Å². The lowest BCUT2D eigenvalue weighted by Crippen LogP contribution is -2.39. The van der Waals surface area contributed by atoms with Crippen LogP contribution < -0.4 is 15.0 Å². The normalized spacial score (nSPS) is 13.5. The molecule has 2 aromatic rings. The molecule has 0 spiro atoms. The van der Waals surface area contributed by atoms with Crippen LogP contribution in [0.25, 0.3) is 0 Å². The number of benzene rings is 1. The van der Waals surface area contributed by atoms with E-state index < -0.39 is 0 Å². The second kappa shape index (κ2) is 9.46. The maximum absolute atomic E-state index is 12.3. The first-order chi connectivity index (χ1) is 13.1. The molecule has 1 N–H and O–H groups in total. The summed E-state index contributed by atoms with van der Waals surface area (Å²) in [7, 11) is 1.75. The number of hydrogen-bond acceptors (Lipinski definition) is 4. The molecule has 0 saturated carbocycles. The summed E-state index contributed by atoms with van der Waals surface area (Å²) in [6, 6.07) is 11.1. The molecule has 1 saturated heterocycles. The van der Waals surface area contributed by atoms with Crippen molar-refractivity contribution >= 4 is 23.4 Å². The first-order valence-corrected chi connectivity index (χ1v) is 9.57. The third-order valence-electron chi connectivity index (χ3n) is 4.52. The Hall–Kier alpha value is -2.47. The quantitative estimate of drug-likeness (QED) is 0.788. The average Bonchev–Trinajstić information content (AvgIpc) is 3.21. The van der Waals surface area contributed by atoms with Crippen molar-refractivity contribution in [3.8, 4) is 5.75 Å². The summed E-state index contributed by atoms with van der Waals surface area (Å²) < 4.78 is 5.62. The Labute approximate surface area is 165 Å². The van der Waals surface area contributed by atoms with Gasteiger partial charge in [0.1, 0.15) is 18.2 Å². The summed E-state index contributed by atoms with van der Waals surface area (Å²) in [6.07, 6.45) is 4.23. The Bertz CT molecular complexity index is 765. The van der Waals surface area contributed by atoms with Gasteiger partial charge in [0.05, 0.1) is 6.54 Å². The highest BCUT2D eigenvalue weighted by Crippen LogP contribution is 2.18. The van der Waals surface area contributed by atoms with Crippen molar-refractivity contribution in [1.82, 2.24) is 15.2 Å². The molecule has 0 unspecified atom stereocenters. The summed E-state index contributed by atoms with van der Waals surface area (Å²) in [5, 5.41) is 3.57. The zero-order chi connectivity index (χ0) is 19.1. The standard InChI is InChI=1S/C20H25ClN4O2/c1-24(11-12-27-18-6-4-5-17(21)14-18)20(26)23-15-16-7-8-22-19(13-16)25-9-2-3-10-25/h4-8,13-14H,2-3,9-12,15H2,1H3,(H,23,26). The van der Waals surface area contributed by atoms with Crippen molar-refractivity contribution < 1.29 is 9.53 Å². The Morgan fingerprint density at radius 1 is 1.30 bits per heavy atom. The van der Waals surface area contributed by atoms with E-state index in [1.807, 2.05) is 24.3 Å². The van der Waals surface area contributed by atoms with Gasteiger partial charge in [0, 0.05) is 37.9 Å². The first kappa shape index (κ1) is 19.3. The second-order valence-corrected chi connectivity index (χ2v) is 7.04. The number of hydrogen-bond donors (Lipinski definition) is 1. The number of pyridine rings is 1. The van der Waals surface area contributed by atoms with Crippen LogP contribution in [0.5, 0.6) is 5.75 Å². The molecule has 0 aliphatic carbocycles. The van der Waals surface area contributed by atoms with Crippen LogP contribution in [0.4, 0.5) is 10.6 Å². The largest absolute Gasteiger partial charge is 0.492 e. The number of likely N-dealkylation sites (N-methyl/N-ethyl adjacent to an activating group) is 1. The maximum atomic E-state index is 12.3. The van der Waals surface area contributed by atoms with Gasteiger partial charge in [-0.3, -0.25) is 0 Å². The molecular formula is C20H25ClN4O2. The van der Waals surface area contributed by atoms with Crippen molar-refractivity contribution in [1.29, 1.82) is 0 Å². The van der Waals surface area contributed by atoms with Crippen LogP contribution in [0.3, 0.4) is 0 Å². The smallest absolute Gasteiger partial charge is 0.317 e. The topological polar surface area (TPSA) is 57.7 Å². The van der Waals surface area contributed by atoms with Crippen LogP contribution in [-0.4, -0.2) is 49.2 Å². The van der Waals surface area contributed by atoms with Crippen LogP contribution in [0.1, 0.15) is 18.4 Å². The van der Waals surface area contributed by atoms with Gasteiger partial charge in [-0.1, -0.05) is 17.7 Å². The van der Waals surface area contributed by atoms with Gasteiger partial charge in [-0.2, -0.15) is 0 Å². The van der Waals surface area contributed by atoms with Gasteiger partial charge in [0.2, 0.25) is 0 Å². The minimum absolute atomic E-state index is 0.135. The molecule has 1 aromatic carbocycles. The Balaban J connectivity index is 1.42. The van der Waals surface area contributed by atoms with Crippen LogP contribution in [-0.2, 0) is 6.54 Å². The molecule has 6 nitrogen and oxygen atoms in total. The van der Waals surface area contributed by atoms with Crippen molar-refractivity contribution in [3.05, 3.63) is 53.2 Å². The predicted molar refractivity (Wildman–Crippen MR) is 107 cm³/mol. The maximum Gasteiger partial charge on any atom is 0.317 e. The minimum atomic E-state index is -0.135. The fraction of sp³-hybridized carbons (Fsp3) is 0.400. The molecule has 0 bridgehead atoms. The van der Waals surface area contributed by atoms with Crippen LogP contribution in [0, 0.1) is 0 Å². The van der Waals surface area contributed by atoms with Gasteiger partial charge in [-0.25, -0.2) is 9.78 Å². The zero-order valence-electron chi connectivity index (χ0n) is 15.5. The highest BCUT2D eigenvalue weighted by atomic mass is 35.5. The Morgan fingerprint density at radius 2 is 2.11 bits per heavy atom. The lowest BCUT2D eigenvalue weighted by molar-refractivity contribution is 0.195. The van der Waals surface area contributed by atoms with Crippen LogP contribution >= 0.6 is 11.6 Å². The fourth-order valence-electron chi connectivity index (χ4n) is 2.96. The van der Waals surface area contributed by atoms with E-state index in [9.17, 15) is 4.79 Å². The van der Waals surface area contributed by atoms with E-state index in [0.29, 0.717) is 30.5 Å². The van der Waals surface area contributed by atoms with Crippen molar-refractivity contribution in [2.75, 3.05) is 38.2 Å². The van der Waals surface area contributed by atoms with Gasteiger partial charge in [-0.15, -0.1) is 0 Å². The number of carbonyl (C=O) groups is 1. The Morgan fingerprint density at radius 3 is 2.89 bits per heavy atom. The molecule has 0 atom stereocenters. The van der Waals surface area contributed by atoms with Gasteiger partial charge >= 0.3 is 6.03 Å². The Kier molecular flexibility index (Phi) is 6.76. The summed E-state index contributed by atoms with van der Waals surface area (Å²) >= 11 is 5.93. The molecule has 1 fully saturated rings. The highest BCUT2D eigenvalue weighted by Gasteiger charge is 2.14. The summed E-state index contributed by atoms with van der Waals surface area (Å²) in [6.45, 7) is 3.46. The van der Waals surface area contributed by atoms with Crippen molar-refractivity contribution in [2.24, 2.45) is 0 Å². The molecule has 144 valence electrons. The molecule has 0 radical (unpaired) electrons. The molecule has 27 heavy (non-hydrogen) atoms. The summed E-state index contributed by atoms with van der Waals surface area (Å²) in [5.41, 5.74) is 1.05. The molecular weight excluding hydrogens is 364 g/mol. The number of aromatic nitrogens is 1. The number of halogens is 1. The summed E-state index contributed by atoms with van der Waals surface area (Å²) in [4.78, 5) is 20.6. The molecule has 1 aromatic heterocycles. The fourth-order valence-corrected chi connectivity index (χ4v) is 3.14. The van der Waals surface area contributed by atoms with E-state index in [2.05, 4.69) is 15.2 Å². The average molecular weight is 389 g/mol. The zero-order valence-corrected chi connectivity index (χ0v) is 16.3. The highest BCUT2D eigenvalue weighted by molar-refractivity contribution is 6.30. The molecule has 1 aliphatic heterocycles. The third-order valence-corrected chi connectivity index (χ3v) is 4.76. The molecule has 1 aliphatic rings. The SMILES string of the molecule is CN(CCOc1cccc(Cl)c1)C(=O)NCc1ccnc(N2CCCC2)c1. The number of urea groups is 1. The van der Waals surface area contributed by atoms with E-state index in [0.717, 1.165) is 24.5 Å². The van der Waals surface area contributed by atoms with Crippen LogP contribution in [0.15, 0.2) is 42.6 Å². The number of rotatable bonds is 7. The van der Waals surface area contributed by atoms with E-state index in [1.165, 1.54) is 12.8 Å². The first-order valence-electron chi connectivity index (χ1n) is 9.19. The van der Waals surface area contributed by atoms with Gasteiger partial charge in [-0.05, 0) is 48.7 Å². The molecule has 2 heterocycles. The number of carbonyl (C=O) groups excluding carboxylic acids is 1. The predicted octanol–water partition coefficient (Wildman–Crippen LogP) is 3.56. The van der Waals surface area contributed by atoms with Crippen molar-refractivity contribution in [3.63, 3.8) is 0 Å². The molecule has 2 amide bonds. The lowest BCUT2D eigenvalue weighted by Gasteiger charge is -2.19. The number of nitrogens with zero attached hydrogens (tertiary/aromatic N) is 3. The van der Waals surface area contributed by atoms with Gasteiger partial charge < -0.3 is 19.9 Å². The number of amides is 2. The number of nitrogens with one attached hydrogen (secondary N) is 1. The third kappa shape index (κ3) is 5.76. The monoisotopic (exact) mass is 388 g/mol. The van der Waals surface area contributed by atoms with Crippen LogP contribution in [0.2, 0.25) is 5.02 Å². The number of ether oxygens (including phenoxy) is 1. The molecule has 3 rings (SSSR count). The van der Waals surface area contributed by atoms with E-state index in [1.54, 1.807) is 30.3 Å². The minimum Gasteiger partial charge on any atom is -0.492 e. The van der Waals surface area contributed by atoms with E-state index in [-0.39, 0.29) is 6.03 Å². The van der Waals surface area contributed by atoms with E-state index >= 15 is 0 Å². The number of anilines is 1. The summed E-state index contributed by atoms with van der Waals surface area (Å²) in [5.74, 6) is 1.69.